The standard InChI is InChI=1S/C9H8F3N3O/c1-6(9(10,11)12)14-15-8(16)7-2-4-13-5-3-7/h2-5H,1H3,(H,15,16)/b14-6-. The van der Waals surface area contributed by atoms with Crippen LogP contribution in [0.4, 0.5) is 13.2 Å². The van der Waals surface area contributed by atoms with Crippen LogP contribution in [-0.4, -0.2) is 22.8 Å². The van der Waals surface area contributed by atoms with Crippen molar-refractivity contribution in [3.8, 4) is 0 Å². The van der Waals surface area contributed by atoms with Gasteiger partial charge in [-0.2, -0.15) is 18.3 Å². The van der Waals surface area contributed by atoms with Crippen molar-refractivity contribution in [1.82, 2.24) is 10.4 Å². The Morgan fingerprint density at radius 1 is 1.38 bits per heavy atom. The minimum Gasteiger partial charge on any atom is -0.267 e. The molecule has 1 amide bonds. The summed E-state index contributed by atoms with van der Waals surface area (Å²) in [6.07, 6.45) is -1.82. The molecule has 0 radical (unpaired) electrons. The van der Waals surface area contributed by atoms with Gasteiger partial charge in [-0.15, -0.1) is 0 Å². The molecule has 0 unspecified atom stereocenters. The van der Waals surface area contributed by atoms with Gasteiger partial charge >= 0.3 is 6.18 Å². The van der Waals surface area contributed by atoms with Gasteiger partial charge in [-0.3, -0.25) is 9.78 Å². The third-order valence-corrected chi connectivity index (χ3v) is 1.68. The predicted octanol–water partition coefficient (Wildman–Crippen LogP) is 1.75. The summed E-state index contributed by atoms with van der Waals surface area (Å²) in [5.74, 6) is -0.717. The lowest BCUT2D eigenvalue weighted by molar-refractivity contribution is -0.0595. The molecule has 0 fully saturated rings. The van der Waals surface area contributed by atoms with Crippen LogP contribution in [0.1, 0.15) is 17.3 Å². The van der Waals surface area contributed by atoms with Gasteiger partial charge in [0.05, 0.1) is 0 Å². The molecule has 0 saturated carbocycles. The van der Waals surface area contributed by atoms with E-state index in [9.17, 15) is 18.0 Å². The van der Waals surface area contributed by atoms with Gasteiger partial charge in [0.1, 0.15) is 5.71 Å². The van der Waals surface area contributed by atoms with Crippen LogP contribution < -0.4 is 5.43 Å². The molecule has 1 aromatic heterocycles. The van der Waals surface area contributed by atoms with Gasteiger partial charge in [0.25, 0.3) is 5.91 Å². The quantitative estimate of drug-likeness (QED) is 0.622. The lowest BCUT2D eigenvalue weighted by Crippen LogP contribution is -2.26. The maximum absolute atomic E-state index is 12.0. The topological polar surface area (TPSA) is 54.4 Å². The van der Waals surface area contributed by atoms with Gasteiger partial charge < -0.3 is 0 Å². The summed E-state index contributed by atoms with van der Waals surface area (Å²) in [7, 11) is 0. The van der Waals surface area contributed by atoms with Crippen LogP contribution in [-0.2, 0) is 0 Å². The minimum atomic E-state index is -4.54. The normalized spacial score (nSPS) is 12.4. The maximum atomic E-state index is 12.0. The molecule has 16 heavy (non-hydrogen) atoms. The van der Waals surface area contributed by atoms with E-state index < -0.39 is 17.8 Å². The van der Waals surface area contributed by atoms with Crippen LogP contribution in [0, 0.1) is 0 Å². The van der Waals surface area contributed by atoms with E-state index in [0.29, 0.717) is 0 Å². The summed E-state index contributed by atoms with van der Waals surface area (Å²) in [5, 5.41) is 2.94. The molecular weight excluding hydrogens is 223 g/mol. The number of hydrazone groups is 1. The molecule has 1 N–H and O–H groups in total. The van der Waals surface area contributed by atoms with Crippen LogP contribution in [0.3, 0.4) is 0 Å². The van der Waals surface area contributed by atoms with Crippen LogP contribution in [0.2, 0.25) is 0 Å². The molecule has 0 aliphatic carbocycles. The van der Waals surface area contributed by atoms with Gasteiger partial charge in [-0.25, -0.2) is 5.43 Å². The largest absolute Gasteiger partial charge is 0.430 e. The molecule has 1 heterocycles. The van der Waals surface area contributed by atoms with E-state index in [2.05, 4.69) is 10.1 Å². The molecule has 7 heteroatoms. The summed E-state index contributed by atoms with van der Waals surface area (Å²) < 4.78 is 36.0. The van der Waals surface area contributed by atoms with Crippen molar-refractivity contribution in [3.05, 3.63) is 30.1 Å². The molecule has 4 nitrogen and oxygen atoms in total. The number of hydrogen-bond donors (Lipinski definition) is 1. The summed E-state index contributed by atoms with van der Waals surface area (Å²) in [6.45, 7) is 0.771. The van der Waals surface area contributed by atoms with Crippen LogP contribution in [0.25, 0.3) is 0 Å². The average molecular weight is 231 g/mol. The summed E-state index contributed by atoms with van der Waals surface area (Å²) in [4.78, 5) is 14.9. The fourth-order valence-corrected chi connectivity index (χ4v) is 0.766. The number of rotatable bonds is 2. The molecule has 1 aromatic rings. The fraction of sp³-hybridized carbons (Fsp3) is 0.222. The van der Waals surface area contributed by atoms with E-state index in [4.69, 9.17) is 0 Å². The number of carbonyl (C=O) groups is 1. The molecule has 0 spiro atoms. The first kappa shape index (κ1) is 12.2. The van der Waals surface area contributed by atoms with E-state index in [0.717, 1.165) is 6.92 Å². The zero-order valence-electron chi connectivity index (χ0n) is 8.25. The van der Waals surface area contributed by atoms with Crippen molar-refractivity contribution in [2.75, 3.05) is 0 Å². The second kappa shape index (κ2) is 4.73. The maximum Gasteiger partial charge on any atom is 0.430 e. The highest BCUT2D eigenvalue weighted by molar-refractivity contribution is 5.95. The van der Waals surface area contributed by atoms with E-state index >= 15 is 0 Å². The van der Waals surface area contributed by atoms with E-state index in [-0.39, 0.29) is 5.56 Å². The number of hydrogen-bond acceptors (Lipinski definition) is 3. The van der Waals surface area contributed by atoms with Crippen molar-refractivity contribution >= 4 is 11.6 Å². The van der Waals surface area contributed by atoms with E-state index in [1.807, 2.05) is 0 Å². The number of pyridine rings is 1. The number of nitrogens with zero attached hydrogens (tertiary/aromatic N) is 2. The van der Waals surface area contributed by atoms with Gasteiger partial charge in [-0.05, 0) is 19.1 Å². The smallest absolute Gasteiger partial charge is 0.267 e. The lowest BCUT2D eigenvalue weighted by Gasteiger charge is -2.05. The molecule has 86 valence electrons. The van der Waals surface area contributed by atoms with Crippen LogP contribution >= 0.6 is 0 Å². The highest BCUT2D eigenvalue weighted by Crippen LogP contribution is 2.16. The van der Waals surface area contributed by atoms with Crippen LogP contribution in [0.15, 0.2) is 29.6 Å². The molecular formula is C9H8F3N3O. The Kier molecular flexibility index (Phi) is 3.60. The zero-order chi connectivity index (χ0) is 12.2. The Morgan fingerprint density at radius 2 is 1.94 bits per heavy atom. The van der Waals surface area contributed by atoms with Crippen LogP contribution in [0.5, 0.6) is 0 Å². The van der Waals surface area contributed by atoms with Gasteiger partial charge in [-0.1, -0.05) is 0 Å². The number of nitrogens with one attached hydrogen (secondary N) is 1. The number of alkyl halides is 3. The second-order valence-corrected chi connectivity index (χ2v) is 2.87. The van der Waals surface area contributed by atoms with Gasteiger partial charge in [0, 0.05) is 18.0 Å². The minimum absolute atomic E-state index is 0.189. The first-order valence-corrected chi connectivity index (χ1v) is 4.23. The fourth-order valence-electron chi connectivity index (χ4n) is 0.766. The van der Waals surface area contributed by atoms with E-state index in [1.54, 1.807) is 5.43 Å². The molecule has 0 aromatic carbocycles. The Labute approximate surface area is 89.2 Å². The van der Waals surface area contributed by atoms with Crippen molar-refractivity contribution in [2.45, 2.75) is 13.1 Å². The monoisotopic (exact) mass is 231 g/mol. The number of amides is 1. The van der Waals surface area contributed by atoms with Crippen molar-refractivity contribution in [1.29, 1.82) is 0 Å². The summed E-state index contributed by atoms with van der Waals surface area (Å²) in [5.41, 5.74) is 0.879. The lowest BCUT2D eigenvalue weighted by atomic mass is 10.3. The number of halogens is 3. The first-order chi connectivity index (χ1) is 7.41. The Bertz CT molecular complexity index is 400. The molecule has 0 bridgehead atoms. The Balaban J connectivity index is 2.67. The average Bonchev–Trinajstić information content (AvgIpc) is 2.25. The molecule has 0 aliphatic rings. The molecule has 0 aliphatic heterocycles. The highest BCUT2D eigenvalue weighted by Gasteiger charge is 2.32. The zero-order valence-corrected chi connectivity index (χ0v) is 8.25. The van der Waals surface area contributed by atoms with Crippen molar-refractivity contribution < 1.29 is 18.0 Å². The van der Waals surface area contributed by atoms with Crippen molar-refractivity contribution in [2.24, 2.45) is 5.10 Å². The summed E-state index contributed by atoms with van der Waals surface area (Å²) >= 11 is 0. The summed E-state index contributed by atoms with van der Waals surface area (Å²) in [6, 6.07) is 2.74. The predicted molar refractivity (Wildman–Crippen MR) is 50.9 cm³/mol. The third kappa shape index (κ3) is 3.34. The second-order valence-electron chi connectivity index (χ2n) is 2.87. The molecule has 0 saturated heterocycles. The Morgan fingerprint density at radius 3 is 2.44 bits per heavy atom. The molecule has 0 atom stereocenters. The van der Waals surface area contributed by atoms with E-state index in [1.165, 1.54) is 24.5 Å². The van der Waals surface area contributed by atoms with Crippen molar-refractivity contribution in [3.63, 3.8) is 0 Å². The highest BCUT2D eigenvalue weighted by atomic mass is 19.4. The first-order valence-electron chi connectivity index (χ1n) is 4.23. The molecule has 1 rings (SSSR count). The number of carbonyl (C=O) groups excluding carboxylic acids is 1. The third-order valence-electron chi connectivity index (χ3n) is 1.68. The SMILES string of the molecule is C/C(=N/NC(=O)c1ccncc1)C(F)(F)F. The van der Waals surface area contributed by atoms with Gasteiger partial charge in [0.2, 0.25) is 0 Å². The Hall–Kier alpha value is -1.92. The number of aromatic nitrogens is 1. The van der Waals surface area contributed by atoms with Gasteiger partial charge in [0.15, 0.2) is 0 Å².